The Morgan fingerprint density at radius 3 is 2.04 bits per heavy atom. The van der Waals surface area contributed by atoms with Crippen molar-refractivity contribution in [2.24, 2.45) is 0 Å². The van der Waals surface area contributed by atoms with Gasteiger partial charge in [-0.3, -0.25) is 14.4 Å². The average Bonchev–Trinajstić information content (AvgIpc) is 2.62. The van der Waals surface area contributed by atoms with Gasteiger partial charge in [0.2, 0.25) is 11.8 Å². The van der Waals surface area contributed by atoms with Gasteiger partial charge in [-0.1, -0.05) is 19.1 Å². The molecule has 0 aliphatic carbocycles. The summed E-state index contributed by atoms with van der Waals surface area (Å²) in [7, 11) is 0. The molecule has 0 atom stereocenters. The van der Waals surface area contributed by atoms with Gasteiger partial charge < -0.3 is 10.2 Å². The van der Waals surface area contributed by atoms with Crippen LogP contribution in [0.1, 0.15) is 43.1 Å². The highest BCUT2D eigenvalue weighted by molar-refractivity contribution is 5.96. The first-order chi connectivity index (χ1) is 12.4. The van der Waals surface area contributed by atoms with Gasteiger partial charge in [-0.05, 0) is 55.3 Å². The van der Waals surface area contributed by atoms with E-state index in [2.05, 4.69) is 12.2 Å². The van der Waals surface area contributed by atoms with Gasteiger partial charge in [-0.2, -0.15) is 0 Å². The Balaban J connectivity index is 1.96. The number of amides is 2. The molecule has 0 aromatic heterocycles. The molecule has 0 unspecified atom stereocenters. The number of hydrogen-bond acceptors (Lipinski definition) is 3. The van der Waals surface area contributed by atoms with E-state index in [0.29, 0.717) is 17.8 Å². The zero-order valence-electron chi connectivity index (χ0n) is 15.4. The molecule has 0 heterocycles. The monoisotopic (exact) mass is 352 g/mol. The second kappa shape index (κ2) is 8.94. The number of anilines is 2. The van der Waals surface area contributed by atoms with E-state index < -0.39 is 0 Å². The Bertz CT molecular complexity index is 780. The number of benzene rings is 2. The molecular formula is C21H24N2O3. The van der Waals surface area contributed by atoms with Crippen molar-refractivity contribution in [3.05, 3.63) is 59.7 Å². The van der Waals surface area contributed by atoms with Crippen LogP contribution in [0.15, 0.2) is 48.5 Å². The molecule has 136 valence electrons. The Morgan fingerprint density at radius 2 is 1.54 bits per heavy atom. The second-order valence-corrected chi connectivity index (χ2v) is 6.12. The number of hydrogen-bond donors (Lipinski definition) is 1. The number of Topliss-reactive ketones (excluding diaryl/α,β-unsaturated/α-hetero) is 1. The topological polar surface area (TPSA) is 66.5 Å². The number of rotatable bonds is 7. The van der Waals surface area contributed by atoms with Crippen LogP contribution in [0, 0.1) is 0 Å². The number of ketones is 1. The van der Waals surface area contributed by atoms with Gasteiger partial charge in [-0.15, -0.1) is 0 Å². The van der Waals surface area contributed by atoms with E-state index in [1.807, 2.05) is 24.3 Å². The van der Waals surface area contributed by atoms with Crippen molar-refractivity contribution in [1.82, 2.24) is 0 Å². The minimum atomic E-state index is -0.183. The lowest BCUT2D eigenvalue weighted by atomic mass is 10.1. The van der Waals surface area contributed by atoms with E-state index in [4.69, 9.17) is 0 Å². The predicted molar refractivity (Wildman–Crippen MR) is 104 cm³/mol. The molecule has 1 N–H and O–H groups in total. The third kappa shape index (κ3) is 5.28. The molecule has 2 aromatic rings. The van der Waals surface area contributed by atoms with Crippen LogP contribution in [0.2, 0.25) is 0 Å². The largest absolute Gasteiger partial charge is 0.326 e. The van der Waals surface area contributed by atoms with Gasteiger partial charge in [0.05, 0.1) is 0 Å². The fourth-order valence-electron chi connectivity index (χ4n) is 2.61. The summed E-state index contributed by atoms with van der Waals surface area (Å²) in [6, 6.07) is 14.5. The Morgan fingerprint density at radius 1 is 0.923 bits per heavy atom. The zero-order valence-corrected chi connectivity index (χ0v) is 15.4. The van der Waals surface area contributed by atoms with Crippen molar-refractivity contribution >= 4 is 29.0 Å². The number of nitrogens with zero attached hydrogens (tertiary/aromatic N) is 1. The highest BCUT2D eigenvalue weighted by Gasteiger charge is 2.13. The predicted octanol–water partition coefficient (Wildman–Crippen LogP) is 3.83. The molecule has 2 rings (SSSR count). The molecule has 0 aliphatic rings. The van der Waals surface area contributed by atoms with Crippen LogP contribution >= 0.6 is 0 Å². The lowest BCUT2D eigenvalue weighted by Gasteiger charge is -2.21. The summed E-state index contributed by atoms with van der Waals surface area (Å²) < 4.78 is 0. The van der Waals surface area contributed by atoms with Crippen molar-refractivity contribution in [2.45, 2.75) is 33.6 Å². The average molecular weight is 352 g/mol. The molecule has 0 bridgehead atoms. The number of aryl methyl sites for hydroxylation is 1. The van der Waals surface area contributed by atoms with Gasteiger partial charge in [0, 0.05) is 36.8 Å². The van der Waals surface area contributed by atoms with E-state index in [-0.39, 0.29) is 24.0 Å². The molecule has 0 saturated heterocycles. The van der Waals surface area contributed by atoms with Crippen LogP contribution in [0.25, 0.3) is 0 Å². The van der Waals surface area contributed by atoms with Crippen LogP contribution in [-0.2, 0) is 16.0 Å². The molecule has 2 amide bonds. The van der Waals surface area contributed by atoms with Gasteiger partial charge in [0.15, 0.2) is 5.78 Å². The minimum absolute atomic E-state index is 0.0194. The van der Waals surface area contributed by atoms with Crippen LogP contribution in [0.4, 0.5) is 11.4 Å². The minimum Gasteiger partial charge on any atom is -0.326 e. The second-order valence-electron chi connectivity index (χ2n) is 6.12. The van der Waals surface area contributed by atoms with E-state index in [1.165, 1.54) is 19.4 Å². The smallest absolute Gasteiger partial charge is 0.226 e. The summed E-state index contributed by atoms with van der Waals surface area (Å²) in [6.07, 6.45) is 1.12. The molecule has 5 nitrogen and oxygen atoms in total. The molecular weight excluding hydrogens is 328 g/mol. The van der Waals surface area contributed by atoms with Crippen molar-refractivity contribution in [2.75, 3.05) is 16.8 Å². The van der Waals surface area contributed by atoms with Crippen LogP contribution in [0.3, 0.4) is 0 Å². The summed E-state index contributed by atoms with van der Waals surface area (Å²) in [5, 5.41) is 2.78. The number of nitrogens with one attached hydrogen (secondary N) is 1. The van der Waals surface area contributed by atoms with E-state index >= 15 is 0 Å². The molecule has 0 spiro atoms. The first-order valence-electron chi connectivity index (χ1n) is 8.68. The SMILES string of the molecule is CCc1ccc(N(CCC(=O)Nc2ccc(C(C)=O)cc2)C(C)=O)cc1. The Labute approximate surface area is 154 Å². The highest BCUT2D eigenvalue weighted by Crippen LogP contribution is 2.17. The van der Waals surface area contributed by atoms with Crippen LogP contribution < -0.4 is 10.2 Å². The van der Waals surface area contributed by atoms with Crippen molar-refractivity contribution in [3.8, 4) is 0 Å². The van der Waals surface area contributed by atoms with Gasteiger partial charge in [0.25, 0.3) is 0 Å². The maximum atomic E-state index is 12.2. The molecule has 5 heteroatoms. The molecule has 26 heavy (non-hydrogen) atoms. The third-order valence-electron chi connectivity index (χ3n) is 4.17. The van der Waals surface area contributed by atoms with Crippen molar-refractivity contribution < 1.29 is 14.4 Å². The van der Waals surface area contributed by atoms with Crippen LogP contribution in [-0.4, -0.2) is 24.1 Å². The first kappa shape index (κ1) is 19.4. The first-order valence-corrected chi connectivity index (χ1v) is 8.68. The van der Waals surface area contributed by atoms with Crippen LogP contribution in [0.5, 0.6) is 0 Å². The zero-order chi connectivity index (χ0) is 19.1. The van der Waals surface area contributed by atoms with Gasteiger partial charge in [-0.25, -0.2) is 0 Å². The summed E-state index contributed by atoms with van der Waals surface area (Å²) in [5.74, 6) is -0.307. The van der Waals surface area contributed by atoms with Gasteiger partial charge in [0.1, 0.15) is 0 Å². The maximum absolute atomic E-state index is 12.2. The molecule has 0 saturated carbocycles. The van der Waals surface area contributed by atoms with Crippen molar-refractivity contribution in [3.63, 3.8) is 0 Å². The lowest BCUT2D eigenvalue weighted by Crippen LogP contribution is -2.31. The molecule has 2 aromatic carbocycles. The Hall–Kier alpha value is -2.95. The molecule has 0 radical (unpaired) electrons. The van der Waals surface area contributed by atoms with E-state index in [1.54, 1.807) is 29.2 Å². The van der Waals surface area contributed by atoms with E-state index in [9.17, 15) is 14.4 Å². The number of carbonyl (C=O) groups is 3. The summed E-state index contributed by atoms with van der Waals surface area (Å²) in [4.78, 5) is 37.0. The maximum Gasteiger partial charge on any atom is 0.226 e. The highest BCUT2D eigenvalue weighted by atomic mass is 16.2. The normalized spacial score (nSPS) is 10.3. The third-order valence-corrected chi connectivity index (χ3v) is 4.17. The molecule has 0 fully saturated rings. The Kier molecular flexibility index (Phi) is 6.67. The van der Waals surface area contributed by atoms with Crippen molar-refractivity contribution in [1.29, 1.82) is 0 Å². The summed E-state index contributed by atoms with van der Waals surface area (Å²) in [5.41, 5.74) is 3.21. The van der Waals surface area contributed by atoms with Gasteiger partial charge >= 0.3 is 0 Å². The summed E-state index contributed by atoms with van der Waals surface area (Å²) in [6.45, 7) is 5.37. The quantitative estimate of drug-likeness (QED) is 0.770. The lowest BCUT2D eigenvalue weighted by molar-refractivity contribution is -0.117. The molecule has 0 aliphatic heterocycles. The van der Waals surface area contributed by atoms with E-state index in [0.717, 1.165) is 12.1 Å². The number of carbonyl (C=O) groups excluding carboxylic acids is 3. The standard InChI is InChI=1S/C21H24N2O3/c1-4-17-5-11-20(12-6-17)23(16(3)25)14-13-21(26)22-19-9-7-18(8-10-19)15(2)24/h5-12H,4,13-14H2,1-3H3,(H,22,26). The fraction of sp³-hybridized carbons (Fsp3) is 0.286. The fourth-order valence-corrected chi connectivity index (χ4v) is 2.61. The summed E-state index contributed by atoms with van der Waals surface area (Å²) >= 11 is 0.